The van der Waals surface area contributed by atoms with Crippen LogP contribution in [0.3, 0.4) is 0 Å². The fourth-order valence-electron chi connectivity index (χ4n) is 3.38. The summed E-state index contributed by atoms with van der Waals surface area (Å²) in [6.45, 7) is 3.73. The van der Waals surface area contributed by atoms with Crippen LogP contribution >= 0.6 is 11.8 Å². The van der Waals surface area contributed by atoms with E-state index in [1.54, 1.807) is 30.3 Å². The van der Waals surface area contributed by atoms with E-state index >= 15 is 0 Å². The Bertz CT molecular complexity index is 984. The second-order valence-corrected chi connectivity index (χ2v) is 8.23. The summed E-state index contributed by atoms with van der Waals surface area (Å²) in [4.78, 5) is 23.6. The third-order valence-electron chi connectivity index (χ3n) is 5.23. The van der Waals surface area contributed by atoms with Gasteiger partial charge in [-0.3, -0.25) is 4.79 Å². The molecule has 1 saturated heterocycles. The Hall–Kier alpha value is -2.94. The zero-order chi connectivity index (χ0) is 20.9. The molecular formula is C21H24N6O2S. The first-order valence-electron chi connectivity index (χ1n) is 9.94. The van der Waals surface area contributed by atoms with Crippen molar-refractivity contribution in [1.82, 2.24) is 29.9 Å². The average Bonchev–Trinajstić information content (AvgIpc) is 3.22. The number of benzene rings is 1. The highest BCUT2D eigenvalue weighted by Gasteiger charge is 2.28. The number of piperidine rings is 1. The van der Waals surface area contributed by atoms with Crippen LogP contribution in [0.15, 0.2) is 47.9 Å². The number of rotatable bonds is 6. The molecular weight excluding hydrogens is 400 g/mol. The van der Waals surface area contributed by atoms with E-state index in [1.807, 2.05) is 29.2 Å². The van der Waals surface area contributed by atoms with Gasteiger partial charge in [-0.15, -0.1) is 5.10 Å². The van der Waals surface area contributed by atoms with Gasteiger partial charge in [0.1, 0.15) is 5.75 Å². The number of carbonyl (C=O) groups excluding carboxylic acids is 1. The summed E-state index contributed by atoms with van der Waals surface area (Å²) >= 11 is 1.45. The van der Waals surface area contributed by atoms with Gasteiger partial charge in [0.05, 0.1) is 18.5 Å². The van der Waals surface area contributed by atoms with E-state index in [9.17, 15) is 4.79 Å². The van der Waals surface area contributed by atoms with Crippen molar-refractivity contribution in [2.24, 2.45) is 5.92 Å². The van der Waals surface area contributed by atoms with Crippen LogP contribution < -0.4 is 4.74 Å². The minimum Gasteiger partial charge on any atom is -0.497 e. The molecule has 1 aliphatic heterocycles. The van der Waals surface area contributed by atoms with E-state index in [0.29, 0.717) is 22.5 Å². The number of aromatic nitrogens is 5. The fraction of sp³-hybridized carbons (Fsp3) is 0.381. The number of methoxy groups -OCH3 is 1. The molecule has 0 spiro atoms. The number of amides is 1. The van der Waals surface area contributed by atoms with Gasteiger partial charge in [-0.25, -0.2) is 14.6 Å². The minimum atomic E-state index is -0.0637. The molecule has 0 N–H and O–H groups in total. The van der Waals surface area contributed by atoms with Gasteiger partial charge < -0.3 is 9.64 Å². The molecule has 30 heavy (non-hydrogen) atoms. The molecule has 0 atom stereocenters. The Morgan fingerprint density at radius 1 is 1.17 bits per heavy atom. The number of hydrogen-bond acceptors (Lipinski definition) is 7. The Balaban J connectivity index is 1.64. The summed E-state index contributed by atoms with van der Waals surface area (Å²) in [6, 6.07) is 9.30. The topological polar surface area (TPSA) is 86.0 Å². The molecule has 0 saturated carbocycles. The molecule has 0 bridgehead atoms. The van der Waals surface area contributed by atoms with Gasteiger partial charge in [-0.1, -0.05) is 23.9 Å². The molecule has 1 amide bonds. The van der Waals surface area contributed by atoms with Crippen molar-refractivity contribution < 1.29 is 9.53 Å². The molecule has 156 valence electrons. The number of hydrogen-bond donors (Lipinski definition) is 0. The molecule has 0 aliphatic carbocycles. The van der Waals surface area contributed by atoms with Crippen molar-refractivity contribution in [3.05, 3.63) is 54.1 Å². The highest BCUT2D eigenvalue weighted by atomic mass is 32.2. The van der Waals surface area contributed by atoms with E-state index in [-0.39, 0.29) is 5.91 Å². The van der Waals surface area contributed by atoms with Crippen LogP contribution in [0.4, 0.5) is 0 Å². The number of thioether (sulfide) groups is 1. The Labute approximate surface area is 179 Å². The summed E-state index contributed by atoms with van der Waals surface area (Å²) in [5.41, 5.74) is 1.95. The minimum absolute atomic E-state index is 0.0637. The van der Waals surface area contributed by atoms with Crippen LogP contribution in [0.5, 0.6) is 5.75 Å². The lowest BCUT2D eigenvalue weighted by Gasteiger charge is -2.29. The second kappa shape index (κ2) is 9.25. The van der Waals surface area contributed by atoms with Crippen molar-refractivity contribution in [3.8, 4) is 11.4 Å². The first kappa shape index (κ1) is 20.3. The van der Waals surface area contributed by atoms with Crippen molar-refractivity contribution in [1.29, 1.82) is 0 Å². The zero-order valence-electron chi connectivity index (χ0n) is 17.1. The maximum absolute atomic E-state index is 13.2. The predicted molar refractivity (Wildman–Crippen MR) is 114 cm³/mol. The highest BCUT2D eigenvalue weighted by molar-refractivity contribution is 7.98. The van der Waals surface area contributed by atoms with Crippen LogP contribution in [-0.2, 0) is 5.75 Å². The van der Waals surface area contributed by atoms with Crippen LogP contribution in [0.1, 0.15) is 35.9 Å². The van der Waals surface area contributed by atoms with E-state index in [2.05, 4.69) is 27.2 Å². The van der Waals surface area contributed by atoms with Crippen molar-refractivity contribution in [3.63, 3.8) is 0 Å². The first-order valence-corrected chi connectivity index (χ1v) is 10.9. The fourth-order valence-corrected chi connectivity index (χ4v) is 4.18. The van der Waals surface area contributed by atoms with Crippen LogP contribution in [-0.4, -0.2) is 56.0 Å². The quantitative estimate of drug-likeness (QED) is 0.443. The normalized spacial score (nSPS) is 14.7. The lowest BCUT2D eigenvalue weighted by molar-refractivity contribution is 0.0690. The molecule has 1 fully saturated rings. The Morgan fingerprint density at radius 3 is 2.53 bits per heavy atom. The van der Waals surface area contributed by atoms with E-state index < -0.39 is 0 Å². The predicted octanol–water partition coefficient (Wildman–Crippen LogP) is 3.23. The van der Waals surface area contributed by atoms with Crippen molar-refractivity contribution in [2.75, 3.05) is 20.2 Å². The van der Waals surface area contributed by atoms with Crippen LogP contribution in [0, 0.1) is 5.92 Å². The number of nitrogens with zero attached hydrogens (tertiary/aromatic N) is 6. The monoisotopic (exact) mass is 424 g/mol. The van der Waals surface area contributed by atoms with E-state index in [4.69, 9.17) is 4.74 Å². The summed E-state index contributed by atoms with van der Waals surface area (Å²) < 4.78 is 6.96. The molecule has 1 aromatic carbocycles. The lowest BCUT2D eigenvalue weighted by Crippen LogP contribution is -2.38. The molecule has 3 aromatic rings. The van der Waals surface area contributed by atoms with Gasteiger partial charge in [-0.2, -0.15) is 0 Å². The SMILES string of the molecule is COc1ccc(-n2nnc(C(=O)N3CCC(C)CC3)c2CSc2ncccn2)cc1. The summed E-state index contributed by atoms with van der Waals surface area (Å²) in [6.07, 6.45) is 5.44. The standard InChI is InChI=1S/C21H24N6O2S/c1-15-8-12-26(13-9-15)20(28)19-18(14-30-21-22-10-3-11-23-21)27(25-24-19)16-4-6-17(29-2)7-5-16/h3-7,10-11,15H,8-9,12-14H2,1-2H3. The molecule has 2 aromatic heterocycles. The maximum atomic E-state index is 13.2. The number of likely N-dealkylation sites (tertiary alicyclic amines) is 1. The molecule has 1 aliphatic rings. The summed E-state index contributed by atoms with van der Waals surface area (Å²) in [7, 11) is 1.63. The third-order valence-corrected chi connectivity index (χ3v) is 6.12. The smallest absolute Gasteiger partial charge is 0.276 e. The summed E-state index contributed by atoms with van der Waals surface area (Å²) in [5, 5.41) is 9.23. The van der Waals surface area contributed by atoms with Crippen LogP contribution in [0.2, 0.25) is 0 Å². The highest BCUT2D eigenvalue weighted by Crippen LogP contribution is 2.25. The van der Waals surface area contributed by atoms with Crippen molar-refractivity contribution in [2.45, 2.75) is 30.7 Å². The number of carbonyl (C=O) groups is 1. The van der Waals surface area contributed by atoms with Gasteiger partial charge in [0.15, 0.2) is 10.9 Å². The zero-order valence-corrected chi connectivity index (χ0v) is 17.9. The first-order chi connectivity index (χ1) is 14.7. The molecule has 0 unspecified atom stereocenters. The van der Waals surface area contributed by atoms with Gasteiger partial charge in [0, 0.05) is 31.2 Å². The maximum Gasteiger partial charge on any atom is 0.276 e. The number of ether oxygens (including phenoxy) is 1. The van der Waals surface area contributed by atoms with Gasteiger partial charge in [0.2, 0.25) is 0 Å². The summed E-state index contributed by atoms with van der Waals surface area (Å²) in [5.74, 6) is 1.82. The molecule has 8 nitrogen and oxygen atoms in total. The average molecular weight is 425 g/mol. The Morgan fingerprint density at radius 2 is 1.87 bits per heavy atom. The second-order valence-electron chi connectivity index (χ2n) is 7.29. The Kier molecular flexibility index (Phi) is 6.27. The molecule has 0 radical (unpaired) electrons. The van der Waals surface area contributed by atoms with Gasteiger partial charge in [-0.05, 0) is 49.1 Å². The largest absolute Gasteiger partial charge is 0.497 e. The van der Waals surface area contributed by atoms with Crippen LogP contribution in [0.25, 0.3) is 5.69 Å². The third kappa shape index (κ3) is 4.46. The van der Waals surface area contributed by atoms with E-state index in [1.165, 1.54) is 11.8 Å². The molecule has 9 heteroatoms. The van der Waals surface area contributed by atoms with Crippen molar-refractivity contribution >= 4 is 17.7 Å². The lowest BCUT2D eigenvalue weighted by atomic mass is 9.99. The van der Waals surface area contributed by atoms with Gasteiger partial charge in [0.25, 0.3) is 5.91 Å². The molecule has 4 rings (SSSR count). The van der Waals surface area contributed by atoms with E-state index in [0.717, 1.165) is 43.1 Å². The molecule has 3 heterocycles. The van der Waals surface area contributed by atoms with Gasteiger partial charge >= 0.3 is 0 Å².